The molecular formula is C22H27FN2O. The third kappa shape index (κ3) is 5.15. The van der Waals surface area contributed by atoms with Gasteiger partial charge in [0.2, 0.25) is 5.91 Å². The van der Waals surface area contributed by atoms with Crippen LogP contribution in [0.25, 0.3) is 0 Å². The normalized spacial score (nSPS) is 15.8. The summed E-state index contributed by atoms with van der Waals surface area (Å²) in [6.07, 6.45) is 3.56. The zero-order valence-electron chi connectivity index (χ0n) is 15.4. The molecule has 1 aliphatic heterocycles. The number of hydrogen-bond donors (Lipinski definition) is 0. The van der Waals surface area contributed by atoms with E-state index in [0.29, 0.717) is 6.54 Å². The van der Waals surface area contributed by atoms with Crippen molar-refractivity contribution in [1.82, 2.24) is 4.90 Å². The maximum absolute atomic E-state index is 13.1. The van der Waals surface area contributed by atoms with Crippen molar-refractivity contribution in [2.45, 2.75) is 26.2 Å². The van der Waals surface area contributed by atoms with Gasteiger partial charge >= 0.3 is 0 Å². The van der Waals surface area contributed by atoms with E-state index in [0.717, 1.165) is 37.7 Å². The van der Waals surface area contributed by atoms with Crippen molar-refractivity contribution in [3.05, 3.63) is 66.0 Å². The van der Waals surface area contributed by atoms with Gasteiger partial charge in [-0.25, -0.2) is 4.39 Å². The summed E-state index contributed by atoms with van der Waals surface area (Å²) in [5.41, 5.74) is 2.18. The number of nitrogens with zero attached hydrogens (tertiary/aromatic N) is 2. The molecule has 0 saturated carbocycles. The van der Waals surface area contributed by atoms with E-state index in [9.17, 15) is 9.18 Å². The lowest BCUT2D eigenvalue weighted by molar-refractivity contribution is -0.116. The van der Waals surface area contributed by atoms with E-state index < -0.39 is 0 Å². The highest BCUT2D eigenvalue weighted by Gasteiger charge is 2.20. The molecular weight excluding hydrogens is 327 g/mol. The fraction of sp³-hybridized carbons (Fsp3) is 0.409. The Labute approximate surface area is 155 Å². The monoisotopic (exact) mass is 354 g/mol. The van der Waals surface area contributed by atoms with Crippen molar-refractivity contribution in [2.75, 3.05) is 31.1 Å². The van der Waals surface area contributed by atoms with Crippen LogP contribution in [0, 0.1) is 11.7 Å². The summed E-state index contributed by atoms with van der Waals surface area (Å²) in [6.45, 7) is 5.22. The lowest BCUT2D eigenvalue weighted by Gasteiger charge is -2.33. The van der Waals surface area contributed by atoms with Crippen LogP contribution in [0.3, 0.4) is 0 Å². The molecule has 1 fully saturated rings. The van der Waals surface area contributed by atoms with Crippen molar-refractivity contribution >= 4 is 11.6 Å². The summed E-state index contributed by atoms with van der Waals surface area (Å²) >= 11 is 0. The highest BCUT2D eigenvalue weighted by Crippen LogP contribution is 2.22. The van der Waals surface area contributed by atoms with E-state index >= 15 is 0 Å². The Morgan fingerprint density at radius 1 is 1.08 bits per heavy atom. The minimum Gasteiger partial charge on any atom is -0.311 e. The van der Waals surface area contributed by atoms with Crippen LogP contribution in [-0.2, 0) is 11.2 Å². The van der Waals surface area contributed by atoms with Gasteiger partial charge < -0.3 is 9.80 Å². The van der Waals surface area contributed by atoms with Gasteiger partial charge in [-0.3, -0.25) is 4.79 Å². The second-order valence-electron chi connectivity index (χ2n) is 7.12. The maximum atomic E-state index is 13.1. The van der Waals surface area contributed by atoms with E-state index in [4.69, 9.17) is 0 Å². The highest BCUT2D eigenvalue weighted by atomic mass is 19.1. The zero-order chi connectivity index (χ0) is 18.4. The average molecular weight is 354 g/mol. The largest absolute Gasteiger partial charge is 0.311 e. The van der Waals surface area contributed by atoms with E-state index in [2.05, 4.69) is 35.2 Å². The van der Waals surface area contributed by atoms with Gasteiger partial charge in [-0.2, -0.15) is 0 Å². The van der Waals surface area contributed by atoms with Crippen LogP contribution in [0.4, 0.5) is 10.1 Å². The van der Waals surface area contributed by atoms with Crippen molar-refractivity contribution in [1.29, 1.82) is 0 Å². The van der Waals surface area contributed by atoms with E-state index in [1.807, 2.05) is 0 Å². The molecule has 1 heterocycles. The van der Waals surface area contributed by atoms with Crippen LogP contribution >= 0.6 is 0 Å². The summed E-state index contributed by atoms with van der Waals surface area (Å²) in [7, 11) is 0. The van der Waals surface area contributed by atoms with Crippen molar-refractivity contribution < 1.29 is 9.18 Å². The summed E-state index contributed by atoms with van der Waals surface area (Å²) in [6, 6.07) is 16.8. The molecule has 0 atom stereocenters. The van der Waals surface area contributed by atoms with Crippen molar-refractivity contribution in [3.8, 4) is 0 Å². The maximum Gasteiger partial charge on any atom is 0.223 e. The second kappa shape index (κ2) is 8.95. The van der Waals surface area contributed by atoms with Crippen LogP contribution in [0.5, 0.6) is 0 Å². The number of carbonyl (C=O) groups is 1. The molecule has 138 valence electrons. The van der Waals surface area contributed by atoms with Gasteiger partial charge in [-0.05, 0) is 68.1 Å². The first-order valence-corrected chi connectivity index (χ1v) is 9.42. The molecule has 0 radical (unpaired) electrons. The second-order valence-corrected chi connectivity index (χ2v) is 7.12. The van der Waals surface area contributed by atoms with Gasteiger partial charge in [0.1, 0.15) is 5.82 Å². The number of hydrogen-bond acceptors (Lipinski definition) is 2. The Hall–Kier alpha value is -2.20. The molecule has 0 spiro atoms. The molecule has 3 rings (SSSR count). The Bertz CT molecular complexity index is 694. The Morgan fingerprint density at radius 2 is 1.73 bits per heavy atom. The van der Waals surface area contributed by atoms with Crippen molar-refractivity contribution in [3.63, 3.8) is 0 Å². The fourth-order valence-corrected chi connectivity index (χ4v) is 3.69. The minimum absolute atomic E-state index is 0.00410. The lowest BCUT2D eigenvalue weighted by Crippen LogP contribution is -2.41. The highest BCUT2D eigenvalue weighted by molar-refractivity contribution is 5.91. The number of carbonyl (C=O) groups excluding carboxylic acids is 1. The zero-order valence-corrected chi connectivity index (χ0v) is 15.4. The van der Waals surface area contributed by atoms with E-state index in [1.165, 1.54) is 30.5 Å². The predicted molar refractivity (Wildman–Crippen MR) is 104 cm³/mol. The summed E-state index contributed by atoms with van der Waals surface area (Å²) in [4.78, 5) is 16.1. The topological polar surface area (TPSA) is 23.6 Å². The molecule has 1 aliphatic rings. The van der Waals surface area contributed by atoms with Gasteiger partial charge in [-0.1, -0.05) is 30.3 Å². The number of halogens is 1. The molecule has 26 heavy (non-hydrogen) atoms. The van der Waals surface area contributed by atoms with Crippen LogP contribution in [0.15, 0.2) is 54.6 Å². The molecule has 0 bridgehead atoms. The first-order valence-electron chi connectivity index (χ1n) is 9.42. The first kappa shape index (κ1) is 18.6. The third-order valence-corrected chi connectivity index (χ3v) is 5.23. The molecule has 0 aromatic heterocycles. The van der Waals surface area contributed by atoms with Crippen LogP contribution < -0.4 is 4.90 Å². The Balaban J connectivity index is 1.47. The number of benzene rings is 2. The number of amides is 1. The third-order valence-electron chi connectivity index (χ3n) is 5.23. The molecule has 0 N–H and O–H groups in total. The molecule has 2 aromatic carbocycles. The SMILES string of the molecule is CC(=O)N(CCN1CCC(Cc2ccccc2)CC1)c1ccc(F)cc1. The molecule has 1 amide bonds. The number of rotatable bonds is 6. The molecule has 0 unspecified atom stereocenters. The average Bonchev–Trinajstić information content (AvgIpc) is 2.65. The van der Waals surface area contributed by atoms with Gasteiger partial charge in [-0.15, -0.1) is 0 Å². The first-order chi connectivity index (χ1) is 12.6. The molecule has 4 heteroatoms. The molecule has 0 aliphatic carbocycles. The number of piperidine rings is 1. The predicted octanol–water partition coefficient (Wildman–Crippen LogP) is 4.13. The smallest absolute Gasteiger partial charge is 0.223 e. The van der Waals surface area contributed by atoms with Crippen molar-refractivity contribution in [2.24, 2.45) is 5.92 Å². The summed E-state index contributed by atoms with van der Waals surface area (Å²) < 4.78 is 13.1. The van der Waals surface area contributed by atoms with Crippen LogP contribution in [0.1, 0.15) is 25.3 Å². The number of anilines is 1. The van der Waals surface area contributed by atoms with Gasteiger partial charge in [0, 0.05) is 25.7 Å². The fourth-order valence-electron chi connectivity index (χ4n) is 3.69. The van der Waals surface area contributed by atoms with E-state index in [-0.39, 0.29) is 11.7 Å². The molecule has 1 saturated heterocycles. The lowest BCUT2D eigenvalue weighted by atomic mass is 9.90. The summed E-state index contributed by atoms with van der Waals surface area (Å²) in [5.74, 6) is 0.461. The Morgan fingerprint density at radius 3 is 2.35 bits per heavy atom. The standard InChI is InChI=1S/C22H27FN2O/c1-18(26)25(22-9-7-21(23)8-10-22)16-15-24-13-11-20(12-14-24)17-19-5-3-2-4-6-19/h2-10,20H,11-17H2,1H3. The van der Waals surface area contributed by atoms with Gasteiger partial charge in [0.05, 0.1) is 0 Å². The van der Waals surface area contributed by atoms with Gasteiger partial charge in [0.15, 0.2) is 0 Å². The Kier molecular flexibility index (Phi) is 6.40. The minimum atomic E-state index is -0.280. The quantitative estimate of drug-likeness (QED) is 0.779. The molecule has 2 aromatic rings. The number of likely N-dealkylation sites (tertiary alicyclic amines) is 1. The van der Waals surface area contributed by atoms with Crippen LogP contribution in [-0.4, -0.2) is 37.0 Å². The van der Waals surface area contributed by atoms with Gasteiger partial charge in [0.25, 0.3) is 0 Å². The van der Waals surface area contributed by atoms with Crippen LogP contribution in [0.2, 0.25) is 0 Å². The molecule has 3 nitrogen and oxygen atoms in total. The van der Waals surface area contributed by atoms with E-state index in [1.54, 1.807) is 24.0 Å². The summed E-state index contributed by atoms with van der Waals surface area (Å²) in [5, 5.41) is 0.